The van der Waals surface area contributed by atoms with E-state index in [1.807, 2.05) is 84.3 Å². The van der Waals surface area contributed by atoms with Gasteiger partial charge in [0.05, 0.1) is 10.8 Å². The molecule has 0 spiro atoms. The number of fused-ring (bicyclic) bond motifs is 1. The molecule has 0 radical (unpaired) electrons. The van der Waals surface area contributed by atoms with Crippen molar-refractivity contribution in [2.45, 2.75) is 11.1 Å². The monoisotopic (exact) mass is 521 g/mol. The van der Waals surface area contributed by atoms with Crippen LogP contribution in [0.5, 0.6) is 5.75 Å². The van der Waals surface area contributed by atoms with E-state index in [1.54, 1.807) is 6.21 Å². The summed E-state index contributed by atoms with van der Waals surface area (Å²) in [7, 11) is 0. The molecule has 178 valence electrons. The van der Waals surface area contributed by atoms with Crippen LogP contribution >= 0.6 is 35.1 Å². The third-order valence-corrected chi connectivity index (χ3v) is 9.13. The molecule has 1 fully saturated rings. The Kier molecular flexibility index (Phi) is 7.66. The molecule has 8 heteroatoms. The Morgan fingerprint density at radius 2 is 1.80 bits per heavy atom. The average Bonchev–Trinajstić information content (AvgIpc) is 3.54. The highest BCUT2D eigenvalue weighted by Crippen LogP contribution is 2.45. The van der Waals surface area contributed by atoms with Crippen LogP contribution in [-0.2, 0) is 11.3 Å². The Balaban J connectivity index is 1.20. The van der Waals surface area contributed by atoms with Crippen LogP contribution in [0.1, 0.15) is 21.3 Å². The number of para-hydroxylation sites is 1. The van der Waals surface area contributed by atoms with E-state index in [0.717, 1.165) is 27.1 Å². The molecule has 1 N–H and O–H groups in total. The molecule has 35 heavy (non-hydrogen) atoms. The summed E-state index contributed by atoms with van der Waals surface area (Å²) in [5, 5.41) is 5.94. The van der Waals surface area contributed by atoms with Crippen LogP contribution in [-0.4, -0.2) is 34.8 Å². The van der Waals surface area contributed by atoms with Gasteiger partial charge < -0.3 is 9.30 Å². The van der Waals surface area contributed by atoms with Crippen LogP contribution in [0.15, 0.2) is 84.1 Å². The zero-order chi connectivity index (χ0) is 24.0. The van der Waals surface area contributed by atoms with Crippen LogP contribution in [0.2, 0.25) is 5.02 Å². The lowest BCUT2D eigenvalue weighted by atomic mass is 10.2. The van der Waals surface area contributed by atoms with Gasteiger partial charge in [0.1, 0.15) is 5.75 Å². The number of rotatable bonds is 8. The molecule has 0 atom stereocenters. The lowest BCUT2D eigenvalue weighted by molar-refractivity contribution is -0.123. The van der Waals surface area contributed by atoms with Crippen molar-refractivity contribution in [2.75, 3.05) is 18.1 Å². The number of aromatic nitrogens is 1. The first-order valence-electron chi connectivity index (χ1n) is 11.3. The number of hydrogen-bond acceptors (Lipinski definition) is 5. The number of hydrogen-bond donors (Lipinski definition) is 1. The third kappa shape index (κ3) is 5.86. The summed E-state index contributed by atoms with van der Waals surface area (Å²) in [5.74, 6) is 2.74. The van der Waals surface area contributed by atoms with E-state index in [2.05, 4.69) is 33.3 Å². The minimum Gasteiger partial charge on any atom is -0.484 e. The van der Waals surface area contributed by atoms with Crippen LogP contribution in [0.3, 0.4) is 0 Å². The molecule has 0 aliphatic carbocycles. The number of nitrogens with zero attached hydrogens (tertiary/aromatic N) is 2. The minimum atomic E-state index is -0.313. The second-order valence-corrected chi connectivity index (χ2v) is 11.2. The zero-order valence-corrected chi connectivity index (χ0v) is 21.3. The van der Waals surface area contributed by atoms with E-state index in [4.69, 9.17) is 16.3 Å². The normalized spacial score (nSPS) is 14.1. The molecule has 0 bridgehead atoms. The lowest BCUT2D eigenvalue weighted by Gasteiger charge is -2.10. The fraction of sp³-hybridized carbons (Fsp3) is 0.185. The van der Waals surface area contributed by atoms with E-state index in [1.165, 1.54) is 17.1 Å². The van der Waals surface area contributed by atoms with Crippen LogP contribution in [0, 0.1) is 0 Å². The number of benzene rings is 3. The van der Waals surface area contributed by atoms with Crippen molar-refractivity contribution in [1.82, 2.24) is 9.99 Å². The van der Waals surface area contributed by atoms with Crippen molar-refractivity contribution >= 4 is 58.1 Å². The van der Waals surface area contributed by atoms with Gasteiger partial charge in [-0.05, 0) is 35.4 Å². The summed E-state index contributed by atoms with van der Waals surface area (Å²) < 4.78 is 8.26. The molecule has 4 aromatic rings. The standard InChI is InChI=1S/C27H24ClN3O2S2/c28-24-7-3-1-5-20(24)16-31-17-21(23-6-2-4-8-25(23)31)15-29-30-26(32)18-33-22-11-9-19(10-12-22)27-34-13-14-35-27/h1-12,15,17,27H,13-14,16,18H2,(H,30,32)/b29-15-. The molecule has 5 nitrogen and oxygen atoms in total. The number of thioether (sulfide) groups is 2. The highest BCUT2D eigenvalue weighted by Gasteiger charge is 2.18. The van der Waals surface area contributed by atoms with Crippen molar-refractivity contribution < 1.29 is 9.53 Å². The quantitative estimate of drug-likeness (QED) is 0.217. The Bertz CT molecular complexity index is 1350. The van der Waals surface area contributed by atoms with E-state index in [0.29, 0.717) is 16.9 Å². The molecule has 1 aliphatic rings. The maximum atomic E-state index is 12.3. The molecular formula is C27H24ClN3O2S2. The van der Waals surface area contributed by atoms with Crippen molar-refractivity contribution in [3.63, 3.8) is 0 Å². The Morgan fingerprint density at radius 1 is 1.06 bits per heavy atom. The second-order valence-electron chi connectivity index (χ2n) is 8.05. The average molecular weight is 522 g/mol. The predicted molar refractivity (Wildman–Crippen MR) is 148 cm³/mol. The van der Waals surface area contributed by atoms with Gasteiger partial charge in [-0.2, -0.15) is 5.10 Å². The van der Waals surface area contributed by atoms with Gasteiger partial charge in [-0.1, -0.05) is 60.1 Å². The first-order chi connectivity index (χ1) is 17.2. The first kappa shape index (κ1) is 23.9. The molecule has 5 rings (SSSR count). The van der Waals surface area contributed by atoms with E-state index < -0.39 is 0 Å². The SMILES string of the molecule is O=C(COc1ccc(C2SCCS2)cc1)N/N=C\c1cn(Cc2ccccc2Cl)c2ccccc12. The third-order valence-electron chi connectivity index (χ3n) is 5.65. The van der Waals surface area contributed by atoms with E-state index in [-0.39, 0.29) is 12.5 Å². The van der Waals surface area contributed by atoms with Crippen molar-refractivity contribution in [3.8, 4) is 5.75 Å². The van der Waals surface area contributed by atoms with Gasteiger partial charge in [0.2, 0.25) is 0 Å². The van der Waals surface area contributed by atoms with Gasteiger partial charge in [-0.3, -0.25) is 4.79 Å². The Morgan fingerprint density at radius 3 is 2.60 bits per heavy atom. The number of ether oxygens (including phenoxy) is 1. The molecular weight excluding hydrogens is 498 g/mol. The van der Waals surface area contributed by atoms with Gasteiger partial charge in [-0.25, -0.2) is 5.43 Å². The maximum Gasteiger partial charge on any atom is 0.277 e. The molecule has 1 amide bonds. The first-order valence-corrected chi connectivity index (χ1v) is 13.7. The summed E-state index contributed by atoms with van der Waals surface area (Å²) in [5.41, 5.74) is 6.86. The molecule has 1 aromatic heterocycles. The maximum absolute atomic E-state index is 12.3. The number of hydrazone groups is 1. The van der Waals surface area contributed by atoms with Crippen LogP contribution in [0.4, 0.5) is 0 Å². The number of amides is 1. The highest BCUT2D eigenvalue weighted by molar-refractivity contribution is 8.19. The fourth-order valence-corrected chi connectivity index (χ4v) is 7.00. The van der Waals surface area contributed by atoms with Crippen LogP contribution < -0.4 is 10.2 Å². The smallest absolute Gasteiger partial charge is 0.277 e. The fourth-order valence-electron chi connectivity index (χ4n) is 3.95. The summed E-state index contributed by atoms with van der Waals surface area (Å²) >= 11 is 10.3. The molecule has 0 saturated carbocycles. The minimum absolute atomic E-state index is 0.0993. The molecule has 3 aromatic carbocycles. The summed E-state index contributed by atoms with van der Waals surface area (Å²) in [6.45, 7) is 0.545. The number of carbonyl (C=O) groups is 1. The van der Waals surface area contributed by atoms with Gasteiger partial charge in [0.25, 0.3) is 5.91 Å². The predicted octanol–water partition coefficient (Wildman–Crippen LogP) is 6.35. The molecule has 0 unspecified atom stereocenters. The zero-order valence-electron chi connectivity index (χ0n) is 18.9. The van der Waals surface area contributed by atoms with Gasteiger partial charge in [0.15, 0.2) is 6.61 Å². The van der Waals surface area contributed by atoms with Crippen molar-refractivity contribution in [3.05, 3.63) is 101 Å². The van der Waals surface area contributed by atoms with Gasteiger partial charge in [-0.15, -0.1) is 23.5 Å². The summed E-state index contributed by atoms with van der Waals surface area (Å²) in [6.07, 6.45) is 3.68. The van der Waals surface area contributed by atoms with Crippen molar-refractivity contribution in [1.29, 1.82) is 0 Å². The number of halogens is 1. The number of carbonyl (C=O) groups excluding carboxylic acids is 1. The van der Waals surface area contributed by atoms with Gasteiger partial charge in [0, 0.05) is 45.7 Å². The van der Waals surface area contributed by atoms with Crippen molar-refractivity contribution in [2.24, 2.45) is 5.10 Å². The second kappa shape index (κ2) is 11.2. The Labute approximate surface area is 217 Å². The van der Waals surface area contributed by atoms with Gasteiger partial charge >= 0.3 is 0 Å². The highest BCUT2D eigenvalue weighted by atomic mass is 35.5. The topological polar surface area (TPSA) is 55.6 Å². The van der Waals surface area contributed by atoms with E-state index in [9.17, 15) is 4.79 Å². The lowest BCUT2D eigenvalue weighted by Crippen LogP contribution is -2.24. The number of nitrogens with one attached hydrogen (secondary N) is 1. The summed E-state index contributed by atoms with van der Waals surface area (Å²) in [4.78, 5) is 12.3. The summed E-state index contributed by atoms with van der Waals surface area (Å²) in [6, 6.07) is 23.9. The Hall–Kier alpha value is -2.87. The molecule has 1 saturated heterocycles. The molecule has 1 aliphatic heterocycles. The largest absolute Gasteiger partial charge is 0.484 e. The van der Waals surface area contributed by atoms with E-state index >= 15 is 0 Å². The molecule has 2 heterocycles. The van der Waals surface area contributed by atoms with Crippen LogP contribution in [0.25, 0.3) is 10.9 Å².